The molecule has 1 aromatic heterocycles. The Morgan fingerprint density at radius 2 is 1.95 bits per heavy atom. The van der Waals surface area contributed by atoms with Gasteiger partial charge in [0.25, 0.3) is 5.91 Å². The fraction of sp³-hybridized carbons (Fsp3) is 0.462. The van der Waals surface area contributed by atoms with Gasteiger partial charge in [-0.15, -0.1) is 0 Å². The van der Waals surface area contributed by atoms with Crippen molar-refractivity contribution in [1.29, 1.82) is 0 Å². The van der Waals surface area contributed by atoms with Crippen LogP contribution in [-0.4, -0.2) is 53.5 Å². The third kappa shape index (κ3) is 3.94. The van der Waals surface area contributed by atoms with E-state index in [2.05, 4.69) is 4.98 Å². The van der Waals surface area contributed by atoms with Crippen LogP contribution in [0, 0.1) is 0 Å². The molecule has 0 radical (unpaired) electrons. The Morgan fingerprint density at radius 1 is 1.32 bits per heavy atom. The Balaban J connectivity index is 2.95. The highest BCUT2D eigenvalue weighted by Crippen LogP contribution is 2.14. The fourth-order valence-electron chi connectivity index (χ4n) is 1.61. The number of aromatic nitrogens is 1. The van der Waals surface area contributed by atoms with Gasteiger partial charge in [0.1, 0.15) is 12.4 Å². The summed E-state index contributed by atoms with van der Waals surface area (Å²) >= 11 is 0. The molecule has 6 heteroatoms. The Kier molecular flexibility index (Phi) is 4.86. The summed E-state index contributed by atoms with van der Waals surface area (Å²) in [6, 6.07) is 3.33. The lowest BCUT2D eigenvalue weighted by molar-refractivity contribution is -0.135. The smallest absolute Gasteiger partial charge is 0.323 e. The van der Waals surface area contributed by atoms with Crippen LogP contribution in [0.4, 0.5) is 5.82 Å². The zero-order valence-electron chi connectivity index (χ0n) is 11.6. The van der Waals surface area contributed by atoms with E-state index in [1.807, 2.05) is 13.8 Å². The van der Waals surface area contributed by atoms with E-state index < -0.39 is 5.97 Å². The van der Waals surface area contributed by atoms with Crippen LogP contribution >= 0.6 is 0 Å². The Bertz CT molecular complexity index is 455. The first kappa shape index (κ1) is 14.9. The quantitative estimate of drug-likeness (QED) is 0.862. The maximum atomic E-state index is 11.7. The van der Waals surface area contributed by atoms with Crippen LogP contribution in [0.3, 0.4) is 0 Å². The average Bonchev–Trinajstić information content (AvgIpc) is 2.34. The van der Waals surface area contributed by atoms with Gasteiger partial charge in [-0.2, -0.15) is 0 Å². The molecule has 1 rings (SSSR count). The molecule has 0 atom stereocenters. The second-order valence-corrected chi connectivity index (χ2v) is 4.72. The minimum absolute atomic E-state index is 0.0130. The molecule has 1 amide bonds. The molecule has 0 bridgehead atoms. The highest BCUT2D eigenvalue weighted by atomic mass is 16.4. The van der Waals surface area contributed by atoms with E-state index in [-0.39, 0.29) is 18.5 Å². The van der Waals surface area contributed by atoms with Gasteiger partial charge in [-0.1, -0.05) is 0 Å². The van der Waals surface area contributed by atoms with Gasteiger partial charge in [-0.05, 0) is 26.0 Å². The SMILES string of the molecule is CC(C)N(CC(=O)O)c1ccc(C(=O)N(C)C)cn1. The molecule has 0 fully saturated rings. The molecule has 1 aromatic rings. The van der Waals surface area contributed by atoms with Gasteiger partial charge in [0.15, 0.2) is 0 Å². The number of hydrogen-bond acceptors (Lipinski definition) is 4. The van der Waals surface area contributed by atoms with Crippen LogP contribution in [0.25, 0.3) is 0 Å². The summed E-state index contributed by atoms with van der Waals surface area (Å²) in [6.07, 6.45) is 1.47. The number of nitrogens with zero attached hydrogens (tertiary/aromatic N) is 3. The van der Waals surface area contributed by atoms with Crippen molar-refractivity contribution in [2.24, 2.45) is 0 Å². The van der Waals surface area contributed by atoms with E-state index >= 15 is 0 Å². The fourth-order valence-corrected chi connectivity index (χ4v) is 1.61. The van der Waals surface area contributed by atoms with Crippen LogP contribution in [-0.2, 0) is 4.79 Å². The molecular formula is C13H19N3O3. The number of rotatable bonds is 5. The predicted molar refractivity (Wildman–Crippen MR) is 72.4 cm³/mol. The van der Waals surface area contributed by atoms with Gasteiger partial charge in [-0.3, -0.25) is 9.59 Å². The molecule has 0 spiro atoms. The minimum atomic E-state index is -0.913. The second kappa shape index (κ2) is 6.17. The third-order valence-corrected chi connectivity index (χ3v) is 2.62. The largest absolute Gasteiger partial charge is 0.480 e. The number of aliphatic carboxylic acids is 1. The maximum absolute atomic E-state index is 11.7. The molecule has 0 aliphatic heterocycles. The topological polar surface area (TPSA) is 73.7 Å². The van der Waals surface area contributed by atoms with Crippen molar-refractivity contribution in [3.8, 4) is 0 Å². The number of carbonyl (C=O) groups is 2. The van der Waals surface area contributed by atoms with E-state index in [0.717, 1.165) is 0 Å². The molecule has 0 aliphatic carbocycles. The summed E-state index contributed by atoms with van der Waals surface area (Å²) in [7, 11) is 3.34. The number of carboxylic acids is 1. The molecule has 104 valence electrons. The lowest BCUT2D eigenvalue weighted by atomic mass is 10.2. The molecule has 19 heavy (non-hydrogen) atoms. The Labute approximate surface area is 112 Å². The highest BCUT2D eigenvalue weighted by Gasteiger charge is 2.16. The molecule has 1 heterocycles. The van der Waals surface area contributed by atoms with Crippen LogP contribution in [0.5, 0.6) is 0 Å². The van der Waals surface area contributed by atoms with Crippen LogP contribution in [0.2, 0.25) is 0 Å². The van der Waals surface area contributed by atoms with Crippen molar-refractivity contribution in [1.82, 2.24) is 9.88 Å². The summed E-state index contributed by atoms with van der Waals surface area (Å²) in [6.45, 7) is 3.67. The molecule has 0 saturated carbocycles. The van der Waals surface area contributed by atoms with E-state index in [1.165, 1.54) is 11.1 Å². The van der Waals surface area contributed by atoms with E-state index in [1.54, 1.807) is 31.1 Å². The summed E-state index contributed by atoms with van der Waals surface area (Å²) < 4.78 is 0. The van der Waals surface area contributed by atoms with E-state index in [0.29, 0.717) is 11.4 Å². The second-order valence-electron chi connectivity index (χ2n) is 4.72. The molecule has 0 unspecified atom stereocenters. The number of pyridine rings is 1. The van der Waals surface area contributed by atoms with Crippen molar-refractivity contribution in [3.05, 3.63) is 23.9 Å². The summed E-state index contributed by atoms with van der Waals surface area (Å²) in [5, 5.41) is 8.88. The molecule has 0 aliphatic rings. The Morgan fingerprint density at radius 3 is 2.32 bits per heavy atom. The van der Waals surface area contributed by atoms with Gasteiger partial charge in [-0.25, -0.2) is 4.98 Å². The standard InChI is InChI=1S/C13H19N3O3/c1-9(2)16(8-12(17)18)11-6-5-10(7-14-11)13(19)15(3)4/h5-7,9H,8H2,1-4H3,(H,17,18). The van der Waals surface area contributed by atoms with Gasteiger partial charge < -0.3 is 14.9 Å². The van der Waals surface area contributed by atoms with Gasteiger partial charge in [0.05, 0.1) is 5.56 Å². The number of hydrogen-bond donors (Lipinski definition) is 1. The molecule has 0 saturated heterocycles. The first-order chi connectivity index (χ1) is 8.82. The van der Waals surface area contributed by atoms with Crippen LogP contribution < -0.4 is 4.90 Å². The summed E-state index contributed by atoms with van der Waals surface area (Å²) in [4.78, 5) is 29.8. The van der Waals surface area contributed by atoms with E-state index in [4.69, 9.17) is 5.11 Å². The van der Waals surface area contributed by atoms with Crippen molar-refractivity contribution >= 4 is 17.7 Å². The van der Waals surface area contributed by atoms with Gasteiger partial charge >= 0.3 is 5.97 Å². The molecule has 6 nitrogen and oxygen atoms in total. The van der Waals surface area contributed by atoms with Gasteiger partial charge in [0, 0.05) is 26.3 Å². The maximum Gasteiger partial charge on any atom is 0.323 e. The van der Waals surface area contributed by atoms with Gasteiger partial charge in [0.2, 0.25) is 0 Å². The van der Waals surface area contributed by atoms with Crippen molar-refractivity contribution in [2.75, 3.05) is 25.5 Å². The zero-order valence-corrected chi connectivity index (χ0v) is 11.6. The zero-order chi connectivity index (χ0) is 14.6. The molecule has 1 N–H and O–H groups in total. The summed E-state index contributed by atoms with van der Waals surface area (Å²) in [5.41, 5.74) is 0.479. The summed E-state index contributed by atoms with van der Waals surface area (Å²) in [5.74, 6) is -0.495. The normalized spacial score (nSPS) is 10.4. The van der Waals surface area contributed by atoms with Crippen LogP contribution in [0.1, 0.15) is 24.2 Å². The Hall–Kier alpha value is -2.11. The molecular weight excluding hydrogens is 246 g/mol. The first-order valence-electron chi connectivity index (χ1n) is 5.99. The molecule has 0 aromatic carbocycles. The first-order valence-corrected chi connectivity index (χ1v) is 5.99. The number of carboxylic acid groups (broad SMARTS) is 1. The lowest BCUT2D eigenvalue weighted by Gasteiger charge is -2.26. The van der Waals surface area contributed by atoms with Crippen molar-refractivity contribution in [2.45, 2.75) is 19.9 Å². The van der Waals surface area contributed by atoms with Crippen molar-refractivity contribution in [3.63, 3.8) is 0 Å². The number of carbonyl (C=O) groups excluding carboxylic acids is 1. The third-order valence-electron chi connectivity index (χ3n) is 2.62. The number of amides is 1. The van der Waals surface area contributed by atoms with E-state index in [9.17, 15) is 9.59 Å². The monoisotopic (exact) mass is 265 g/mol. The van der Waals surface area contributed by atoms with Crippen LogP contribution in [0.15, 0.2) is 18.3 Å². The number of anilines is 1. The average molecular weight is 265 g/mol. The predicted octanol–water partition coefficient (Wildman–Crippen LogP) is 1.08. The highest BCUT2D eigenvalue weighted by molar-refractivity contribution is 5.93. The van der Waals surface area contributed by atoms with Crippen molar-refractivity contribution < 1.29 is 14.7 Å². The minimum Gasteiger partial charge on any atom is -0.480 e. The lowest BCUT2D eigenvalue weighted by Crippen LogP contribution is -2.36.